The number of hydrogen-bond donors (Lipinski definition) is 2. The second kappa shape index (κ2) is 5.63. The van der Waals surface area contributed by atoms with Crippen LogP contribution in [0.15, 0.2) is 18.2 Å². The van der Waals surface area contributed by atoms with Gasteiger partial charge in [0.1, 0.15) is 18.1 Å². The van der Waals surface area contributed by atoms with Crippen LogP contribution in [0.3, 0.4) is 0 Å². The largest absolute Gasteiger partial charge is 0.475 e. The maximum Gasteiger partial charge on any atom is 0.213 e. The van der Waals surface area contributed by atoms with Gasteiger partial charge in [0.25, 0.3) is 0 Å². The number of rotatable bonds is 4. The molecular weight excluding hydrogens is 218 g/mol. The van der Waals surface area contributed by atoms with Crippen LogP contribution in [0, 0.1) is 5.41 Å². The fourth-order valence-electron chi connectivity index (χ4n) is 1.76. The number of nitrogens with zero attached hydrogens (tertiary/aromatic N) is 1. The van der Waals surface area contributed by atoms with Crippen molar-refractivity contribution < 1.29 is 9.47 Å². The minimum absolute atomic E-state index is 0.0515. The van der Waals surface area contributed by atoms with Crippen molar-refractivity contribution in [1.29, 1.82) is 5.41 Å². The van der Waals surface area contributed by atoms with E-state index in [2.05, 4.69) is 4.98 Å². The first kappa shape index (κ1) is 11.9. The number of nitrogens with one attached hydrogen (secondary N) is 1. The van der Waals surface area contributed by atoms with E-state index in [9.17, 15) is 0 Å². The van der Waals surface area contributed by atoms with Crippen LogP contribution < -0.4 is 10.5 Å². The highest BCUT2D eigenvalue weighted by atomic mass is 16.5. The van der Waals surface area contributed by atoms with Gasteiger partial charge in [-0.05, 0) is 25.3 Å². The van der Waals surface area contributed by atoms with Gasteiger partial charge in [0, 0.05) is 12.7 Å². The standard InChI is InChI=1S/C12H17N3O2/c13-12(14)10-5-3-6-11(15-10)17-8-9-4-1-2-7-16-9/h3,5-6,9H,1-2,4,7-8H2,(H3,13,14). The molecule has 1 fully saturated rings. The van der Waals surface area contributed by atoms with Crippen molar-refractivity contribution in [1.82, 2.24) is 4.98 Å². The molecule has 0 aromatic carbocycles. The molecular formula is C12H17N3O2. The Hall–Kier alpha value is -1.62. The molecule has 0 bridgehead atoms. The highest BCUT2D eigenvalue weighted by Crippen LogP contribution is 2.14. The van der Waals surface area contributed by atoms with Crippen molar-refractivity contribution in [2.75, 3.05) is 13.2 Å². The Morgan fingerprint density at radius 2 is 2.41 bits per heavy atom. The smallest absolute Gasteiger partial charge is 0.213 e. The zero-order valence-electron chi connectivity index (χ0n) is 9.69. The SMILES string of the molecule is N=C(N)c1cccc(OCC2CCCCO2)n1. The van der Waals surface area contributed by atoms with Crippen molar-refractivity contribution in [2.45, 2.75) is 25.4 Å². The molecule has 1 aromatic heterocycles. The van der Waals surface area contributed by atoms with Crippen molar-refractivity contribution in [2.24, 2.45) is 5.73 Å². The summed E-state index contributed by atoms with van der Waals surface area (Å²) in [4.78, 5) is 4.13. The topological polar surface area (TPSA) is 81.2 Å². The van der Waals surface area contributed by atoms with Gasteiger partial charge in [-0.3, -0.25) is 5.41 Å². The lowest BCUT2D eigenvalue weighted by molar-refractivity contribution is -0.0119. The monoisotopic (exact) mass is 235 g/mol. The number of ether oxygens (including phenoxy) is 2. The summed E-state index contributed by atoms with van der Waals surface area (Å²) in [7, 11) is 0. The quantitative estimate of drug-likeness (QED) is 0.609. The summed E-state index contributed by atoms with van der Waals surface area (Å²) in [5.74, 6) is 0.441. The van der Waals surface area contributed by atoms with E-state index < -0.39 is 0 Å². The number of nitrogens with two attached hydrogens (primary N) is 1. The van der Waals surface area contributed by atoms with Gasteiger partial charge in [-0.2, -0.15) is 0 Å². The Kier molecular flexibility index (Phi) is 3.93. The minimum atomic E-state index is -0.0515. The molecule has 2 heterocycles. The molecule has 1 atom stereocenters. The van der Waals surface area contributed by atoms with Gasteiger partial charge >= 0.3 is 0 Å². The molecule has 1 aliphatic rings. The first-order valence-electron chi connectivity index (χ1n) is 5.81. The lowest BCUT2D eigenvalue weighted by atomic mass is 10.1. The van der Waals surface area contributed by atoms with Crippen LogP contribution in [0.25, 0.3) is 0 Å². The summed E-state index contributed by atoms with van der Waals surface area (Å²) in [5, 5.41) is 7.30. The maximum atomic E-state index is 7.30. The maximum absolute atomic E-state index is 7.30. The zero-order chi connectivity index (χ0) is 12.1. The number of amidine groups is 1. The third-order valence-electron chi connectivity index (χ3n) is 2.69. The van der Waals surface area contributed by atoms with Gasteiger partial charge in [-0.25, -0.2) is 4.98 Å². The van der Waals surface area contributed by atoms with Crippen molar-refractivity contribution in [3.63, 3.8) is 0 Å². The van der Waals surface area contributed by atoms with Gasteiger partial charge in [-0.15, -0.1) is 0 Å². The number of aromatic nitrogens is 1. The lowest BCUT2D eigenvalue weighted by Crippen LogP contribution is -2.26. The molecule has 1 unspecified atom stereocenters. The molecule has 1 aliphatic heterocycles. The Morgan fingerprint density at radius 1 is 1.53 bits per heavy atom. The molecule has 0 spiro atoms. The van der Waals surface area contributed by atoms with Gasteiger partial charge < -0.3 is 15.2 Å². The second-order valence-corrected chi connectivity index (χ2v) is 4.07. The molecule has 1 aromatic rings. The molecule has 5 heteroatoms. The third kappa shape index (κ3) is 3.42. The van der Waals surface area contributed by atoms with E-state index in [1.54, 1.807) is 18.2 Å². The highest BCUT2D eigenvalue weighted by molar-refractivity contribution is 5.93. The minimum Gasteiger partial charge on any atom is -0.475 e. The Morgan fingerprint density at radius 3 is 3.12 bits per heavy atom. The van der Waals surface area contributed by atoms with Gasteiger partial charge in [-0.1, -0.05) is 6.07 Å². The van der Waals surface area contributed by atoms with Gasteiger partial charge in [0.2, 0.25) is 5.88 Å². The molecule has 3 N–H and O–H groups in total. The molecule has 0 aliphatic carbocycles. The van der Waals surface area contributed by atoms with Crippen LogP contribution >= 0.6 is 0 Å². The number of nitrogen functional groups attached to an aromatic ring is 1. The molecule has 1 saturated heterocycles. The predicted octanol–water partition coefficient (Wildman–Crippen LogP) is 1.31. The Bertz CT molecular complexity index is 389. The molecule has 2 rings (SSSR count). The van der Waals surface area contributed by atoms with E-state index >= 15 is 0 Å². The van der Waals surface area contributed by atoms with Crippen molar-refractivity contribution >= 4 is 5.84 Å². The van der Waals surface area contributed by atoms with Crippen LogP contribution in [-0.4, -0.2) is 30.1 Å². The van der Waals surface area contributed by atoms with Gasteiger partial charge in [0.15, 0.2) is 0 Å². The summed E-state index contributed by atoms with van der Waals surface area (Å²) in [6.45, 7) is 1.32. The molecule has 0 saturated carbocycles. The van der Waals surface area contributed by atoms with E-state index in [1.807, 2.05) is 0 Å². The first-order valence-corrected chi connectivity index (χ1v) is 5.81. The Balaban J connectivity index is 1.89. The number of pyridine rings is 1. The van der Waals surface area contributed by atoms with Crippen molar-refractivity contribution in [3.05, 3.63) is 23.9 Å². The molecule has 17 heavy (non-hydrogen) atoms. The fourth-order valence-corrected chi connectivity index (χ4v) is 1.76. The third-order valence-corrected chi connectivity index (χ3v) is 2.69. The van der Waals surface area contributed by atoms with E-state index in [-0.39, 0.29) is 11.9 Å². The average Bonchev–Trinajstić information content (AvgIpc) is 2.38. The summed E-state index contributed by atoms with van der Waals surface area (Å²) in [6.07, 6.45) is 3.52. The van der Waals surface area contributed by atoms with Crippen LogP contribution in [0.5, 0.6) is 5.88 Å². The van der Waals surface area contributed by atoms with E-state index in [1.165, 1.54) is 6.42 Å². The van der Waals surface area contributed by atoms with E-state index in [4.69, 9.17) is 20.6 Å². The summed E-state index contributed by atoms with van der Waals surface area (Å²) in [5.41, 5.74) is 5.80. The van der Waals surface area contributed by atoms with Gasteiger partial charge in [0.05, 0.1) is 6.10 Å². The first-order chi connectivity index (χ1) is 8.25. The van der Waals surface area contributed by atoms with Crippen LogP contribution in [0.2, 0.25) is 0 Å². The summed E-state index contributed by atoms with van der Waals surface area (Å²) >= 11 is 0. The van der Waals surface area contributed by atoms with Crippen LogP contribution in [-0.2, 0) is 4.74 Å². The highest BCUT2D eigenvalue weighted by Gasteiger charge is 2.14. The summed E-state index contributed by atoms with van der Waals surface area (Å²) < 4.78 is 11.1. The molecule has 0 radical (unpaired) electrons. The molecule has 0 amide bonds. The normalized spacial score (nSPS) is 19.9. The van der Waals surface area contributed by atoms with Crippen LogP contribution in [0.1, 0.15) is 25.0 Å². The zero-order valence-corrected chi connectivity index (χ0v) is 9.69. The number of hydrogen-bond acceptors (Lipinski definition) is 4. The second-order valence-electron chi connectivity index (χ2n) is 4.07. The average molecular weight is 235 g/mol. The fraction of sp³-hybridized carbons (Fsp3) is 0.500. The van der Waals surface area contributed by atoms with Crippen molar-refractivity contribution in [3.8, 4) is 5.88 Å². The van der Waals surface area contributed by atoms with Crippen LogP contribution in [0.4, 0.5) is 0 Å². The molecule has 5 nitrogen and oxygen atoms in total. The molecule has 92 valence electrons. The summed E-state index contributed by atoms with van der Waals surface area (Å²) in [6, 6.07) is 5.22. The van der Waals surface area contributed by atoms with E-state index in [0.717, 1.165) is 19.4 Å². The Labute approximate surface area is 100 Å². The lowest BCUT2D eigenvalue weighted by Gasteiger charge is -2.22. The van der Waals surface area contributed by atoms with E-state index in [0.29, 0.717) is 18.2 Å². The predicted molar refractivity (Wildman–Crippen MR) is 64.3 cm³/mol.